The summed E-state index contributed by atoms with van der Waals surface area (Å²) >= 11 is 1.16. The first-order valence-corrected chi connectivity index (χ1v) is 11.5. The van der Waals surface area contributed by atoms with E-state index in [1.54, 1.807) is 6.92 Å². The van der Waals surface area contributed by atoms with Gasteiger partial charge in [0.1, 0.15) is 17.0 Å². The molecule has 10 heteroatoms. The van der Waals surface area contributed by atoms with Gasteiger partial charge in [-0.3, -0.25) is 0 Å². The lowest BCUT2D eigenvalue weighted by Gasteiger charge is -2.25. The summed E-state index contributed by atoms with van der Waals surface area (Å²) in [6, 6.07) is 10.0. The van der Waals surface area contributed by atoms with E-state index < -0.39 is 0 Å². The van der Waals surface area contributed by atoms with Crippen molar-refractivity contribution in [3.05, 3.63) is 39.8 Å². The van der Waals surface area contributed by atoms with Gasteiger partial charge in [0.2, 0.25) is 0 Å². The highest BCUT2D eigenvalue weighted by molar-refractivity contribution is 7.16. The third kappa shape index (κ3) is 7.90. The van der Waals surface area contributed by atoms with Gasteiger partial charge in [-0.25, -0.2) is 0 Å². The van der Waals surface area contributed by atoms with Crippen LogP contribution in [0.2, 0.25) is 0 Å². The molecule has 1 heterocycles. The Hall–Kier alpha value is -2.86. The largest absolute Gasteiger partial charge is 0.394 e. The van der Waals surface area contributed by atoms with Crippen molar-refractivity contribution >= 4 is 27.7 Å². The molecule has 0 aliphatic heterocycles. The van der Waals surface area contributed by atoms with Crippen molar-refractivity contribution in [3.63, 3.8) is 0 Å². The normalized spacial score (nSPS) is 11.0. The van der Waals surface area contributed by atoms with Crippen LogP contribution in [0, 0.1) is 36.5 Å². The zero-order valence-electron chi connectivity index (χ0n) is 19.0. The zero-order chi connectivity index (χ0) is 24.1. The highest BCUT2D eigenvalue weighted by atomic mass is 32.1. The van der Waals surface area contributed by atoms with Crippen molar-refractivity contribution in [2.24, 2.45) is 10.2 Å². The Labute approximate surface area is 198 Å². The number of ether oxygens (including phenoxy) is 2. The molecule has 2 aromatic rings. The average molecular weight is 472 g/mol. The Morgan fingerprint density at radius 2 is 1.70 bits per heavy atom. The molecule has 0 atom stereocenters. The number of anilines is 1. The molecule has 0 unspecified atom stereocenters. The van der Waals surface area contributed by atoms with E-state index in [-0.39, 0.29) is 13.2 Å². The molecule has 1 aromatic heterocycles. The number of aliphatic hydroxyl groups is 2. The molecule has 176 valence electrons. The minimum absolute atomic E-state index is 0.00660. The van der Waals surface area contributed by atoms with Gasteiger partial charge in [0.05, 0.1) is 44.3 Å². The highest BCUT2D eigenvalue weighted by Crippen LogP contribution is 2.36. The number of nitrogens with zero attached hydrogens (tertiary/aromatic N) is 5. The van der Waals surface area contributed by atoms with Crippen LogP contribution in [0.5, 0.6) is 0 Å². The van der Waals surface area contributed by atoms with Crippen LogP contribution in [0.3, 0.4) is 0 Å². The topological polar surface area (TPSA) is 134 Å². The van der Waals surface area contributed by atoms with Gasteiger partial charge in [0.15, 0.2) is 5.00 Å². The molecule has 0 spiro atoms. The fraction of sp³-hybridized carbons (Fsp3) is 0.478. The third-order valence-electron chi connectivity index (χ3n) is 4.83. The molecule has 0 aliphatic carbocycles. The predicted octanol–water partition coefficient (Wildman–Crippen LogP) is 3.74. The van der Waals surface area contributed by atoms with E-state index in [0.29, 0.717) is 59.7 Å². The zero-order valence-corrected chi connectivity index (χ0v) is 19.8. The van der Waals surface area contributed by atoms with Gasteiger partial charge >= 0.3 is 0 Å². The molecule has 2 N–H and O–H groups in total. The number of nitriles is 2. The van der Waals surface area contributed by atoms with E-state index >= 15 is 0 Å². The van der Waals surface area contributed by atoms with Crippen LogP contribution < -0.4 is 4.90 Å². The number of hydrogen-bond acceptors (Lipinski definition) is 10. The van der Waals surface area contributed by atoms with Crippen LogP contribution in [0.4, 0.5) is 16.4 Å². The van der Waals surface area contributed by atoms with Crippen molar-refractivity contribution in [2.45, 2.75) is 20.3 Å². The predicted molar refractivity (Wildman–Crippen MR) is 126 cm³/mol. The summed E-state index contributed by atoms with van der Waals surface area (Å²) in [6.07, 6.45) is 0.788. The van der Waals surface area contributed by atoms with Gasteiger partial charge in [-0.15, -0.1) is 21.6 Å². The summed E-state index contributed by atoms with van der Waals surface area (Å²) in [5, 5.41) is 45.3. The van der Waals surface area contributed by atoms with Gasteiger partial charge in [-0.2, -0.15) is 10.5 Å². The maximum Gasteiger partial charge on any atom is 0.158 e. The summed E-state index contributed by atoms with van der Waals surface area (Å²) in [5.41, 5.74) is 3.61. The van der Waals surface area contributed by atoms with Crippen molar-refractivity contribution in [1.29, 1.82) is 10.5 Å². The van der Waals surface area contributed by atoms with Crippen molar-refractivity contribution in [2.75, 3.05) is 57.6 Å². The highest BCUT2D eigenvalue weighted by Gasteiger charge is 2.15. The lowest BCUT2D eigenvalue weighted by atomic mass is 10.1. The van der Waals surface area contributed by atoms with Gasteiger partial charge in [-0.05, 0) is 49.6 Å². The van der Waals surface area contributed by atoms with E-state index in [4.69, 9.17) is 19.7 Å². The average Bonchev–Trinajstić information content (AvgIpc) is 3.13. The summed E-state index contributed by atoms with van der Waals surface area (Å²) in [7, 11) is 0. The molecule has 0 amide bonds. The molecule has 0 saturated carbocycles. The second-order valence-corrected chi connectivity index (χ2v) is 8.14. The van der Waals surface area contributed by atoms with Crippen LogP contribution in [-0.4, -0.2) is 62.9 Å². The Bertz CT molecular complexity index is 1010. The Balaban J connectivity index is 2.14. The van der Waals surface area contributed by atoms with E-state index in [0.717, 1.165) is 35.6 Å². The lowest BCUT2D eigenvalue weighted by molar-refractivity contribution is 0.0890. The fourth-order valence-electron chi connectivity index (χ4n) is 3.09. The molecule has 0 aliphatic rings. The first kappa shape index (κ1) is 26.4. The number of hydrogen-bond donors (Lipinski definition) is 2. The van der Waals surface area contributed by atoms with E-state index in [1.807, 2.05) is 25.1 Å². The quantitative estimate of drug-likeness (QED) is 0.316. The molecule has 1 aromatic carbocycles. The van der Waals surface area contributed by atoms with Crippen LogP contribution >= 0.6 is 11.3 Å². The smallest absolute Gasteiger partial charge is 0.158 e. The second-order valence-electron chi connectivity index (χ2n) is 7.14. The summed E-state index contributed by atoms with van der Waals surface area (Å²) < 4.78 is 10.8. The maximum absolute atomic E-state index is 9.38. The molecular formula is C23H29N5O4S. The number of thiophene rings is 1. The van der Waals surface area contributed by atoms with Crippen molar-refractivity contribution in [3.8, 4) is 12.1 Å². The summed E-state index contributed by atoms with van der Waals surface area (Å²) in [4.78, 5) is 2.64. The standard InChI is InChI=1S/C23H29N5O4S/c1-17-14-19(28(7-11-32-13-9-30)6-3-10-31-12-8-29)4-5-21(17)26-27-23-20(15-24)18(2)22(16-25)33-23/h4-5,14,29-30H,3,6-13H2,1-2H3. The molecule has 33 heavy (non-hydrogen) atoms. The van der Waals surface area contributed by atoms with Gasteiger partial charge in [0.25, 0.3) is 0 Å². The van der Waals surface area contributed by atoms with Crippen LogP contribution in [0.15, 0.2) is 28.4 Å². The fourth-order valence-corrected chi connectivity index (χ4v) is 3.97. The van der Waals surface area contributed by atoms with Gasteiger partial charge in [0, 0.05) is 25.4 Å². The molecule has 0 bridgehead atoms. The van der Waals surface area contributed by atoms with E-state index in [9.17, 15) is 10.5 Å². The summed E-state index contributed by atoms with van der Waals surface area (Å²) in [6.45, 7) is 6.71. The van der Waals surface area contributed by atoms with E-state index in [1.165, 1.54) is 0 Å². The molecular weight excluding hydrogens is 442 g/mol. The number of benzene rings is 1. The monoisotopic (exact) mass is 471 g/mol. The third-order valence-corrected chi connectivity index (χ3v) is 5.91. The first-order chi connectivity index (χ1) is 16.0. The Morgan fingerprint density at radius 1 is 0.970 bits per heavy atom. The Kier molecular flexibility index (Phi) is 11.5. The number of azo groups is 1. The maximum atomic E-state index is 9.38. The Morgan fingerprint density at radius 3 is 2.33 bits per heavy atom. The number of aliphatic hydroxyl groups excluding tert-OH is 2. The minimum atomic E-state index is -0.0129. The number of aryl methyl sites for hydroxylation is 1. The molecule has 9 nitrogen and oxygen atoms in total. The van der Waals surface area contributed by atoms with Gasteiger partial charge < -0.3 is 24.6 Å². The molecule has 0 fully saturated rings. The van der Waals surface area contributed by atoms with Crippen LogP contribution in [0.25, 0.3) is 0 Å². The molecule has 2 rings (SSSR count). The summed E-state index contributed by atoms with van der Waals surface area (Å²) in [5.74, 6) is 0. The lowest BCUT2D eigenvalue weighted by Crippen LogP contribution is -2.29. The molecule has 0 saturated heterocycles. The minimum Gasteiger partial charge on any atom is -0.394 e. The van der Waals surface area contributed by atoms with Crippen LogP contribution in [0.1, 0.15) is 28.0 Å². The van der Waals surface area contributed by atoms with E-state index in [2.05, 4.69) is 27.3 Å². The van der Waals surface area contributed by atoms with Crippen molar-refractivity contribution < 1.29 is 19.7 Å². The van der Waals surface area contributed by atoms with Gasteiger partial charge in [-0.1, -0.05) is 0 Å². The molecule has 0 radical (unpaired) electrons. The number of rotatable bonds is 14. The van der Waals surface area contributed by atoms with Crippen molar-refractivity contribution in [1.82, 2.24) is 0 Å². The first-order valence-electron chi connectivity index (χ1n) is 10.6. The SMILES string of the molecule is Cc1cc(N(CCCOCCO)CCOCCO)ccc1N=Nc1sc(C#N)c(C)c1C#N. The van der Waals surface area contributed by atoms with Crippen LogP contribution in [-0.2, 0) is 9.47 Å². The second kappa shape index (κ2) is 14.3.